The lowest BCUT2D eigenvalue weighted by molar-refractivity contribution is 0.0718. The Labute approximate surface area is 119 Å². The summed E-state index contributed by atoms with van der Waals surface area (Å²) in [6.45, 7) is 0.608. The van der Waals surface area contributed by atoms with Gasteiger partial charge in [-0.2, -0.15) is 0 Å². The number of hydrogen-bond donors (Lipinski definition) is 4. The molecule has 5 heteroatoms. The third kappa shape index (κ3) is 3.22. The molecule has 0 aliphatic heterocycles. The summed E-state index contributed by atoms with van der Waals surface area (Å²) in [5.41, 5.74) is 12.6. The molecule has 0 saturated heterocycles. The average Bonchev–Trinajstić information content (AvgIpc) is 2.46. The Bertz CT molecular complexity index is 482. The molecule has 0 bridgehead atoms. The quantitative estimate of drug-likeness (QED) is 0.627. The van der Waals surface area contributed by atoms with Crippen molar-refractivity contribution in [3.05, 3.63) is 23.8 Å². The highest BCUT2D eigenvalue weighted by Gasteiger charge is 2.31. The van der Waals surface area contributed by atoms with Crippen molar-refractivity contribution in [1.29, 1.82) is 0 Å². The van der Waals surface area contributed by atoms with Crippen molar-refractivity contribution in [2.45, 2.75) is 32.1 Å². The van der Waals surface area contributed by atoms with Gasteiger partial charge in [-0.25, -0.2) is 0 Å². The number of carbonyl (C=O) groups excluding carboxylic acids is 1. The highest BCUT2D eigenvalue weighted by molar-refractivity contribution is 5.99. The van der Waals surface area contributed by atoms with Crippen LogP contribution in [0.4, 0.5) is 11.4 Å². The first-order valence-corrected chi connectivity index (χ1v) is 7.10. The maximum absolute atomic E-state index is 12.2. The van der Waals surface area contributed by atoms with E-state index in [1.54, 1.807) is 18.2 Å². The molecule has 0 radical (unpaired) electrons. The van der Waals surface area contributed by atoms with Gasteiger partial charge in [-0.1, -0.05) is 19.3 Å². The molecule has 1 fully saturated rings. The van der Waals surface area contributed by atoms with Crippen molar-refractivity contribution < 1.29 is 9.90 Å². The third-order valence-corrected chi connectivity index (χ3v) is 4.19. The summed E-state index contributed by atoms with van der Waals surface area (Å²) in [7, 11) is 0. The van der Waals surface area contributed by atoms with Crippen molar-refractivity contribution in [2.75, 3.05) is 24.6 Å². The minimum atomic E-state index is -0.208. The van der Waals surface area contributed by atoms with Crippen LogP contribution in [0.5, 0.6) is 0 Å². The van der Waals surface area contributed by atoms with Crippen LogP contribution in [0.3, 0.4) is 0 Å². The molecule has 1 aliphatic carbocycles. The minimum Gasteiger partial charge on any atom is -0.399 e. The Balaban J connectivity index is 2.00. The summed E-state index contributed by atoms with van der Waals surface area (Å²) in [5.74, 6) is -0.208. The summed E-state index contributed by atoms with van der Waals surface area (Å²) >= 11 is 0. The molecule has 110 valence electrons. The molecule has 5 nitrogen and oxygen atoms in total. The van der Waals surface area contributed by atoms with Gasteiger partial charge in [0.05, 0.1) is 12.2 Å². The maximum Gasteiger partial charge on any atom is 0.253 e. The number of anilines is 2. The largest absolute Gasteiger partial charge is 0.399 e. The number of aliphatic hydroxyl groups is 1. The zero-order valence-electron chi connectivity index (χ0n) is 11.7. The van der Waals surface area contributed by atoms with Gasteiger partial charge in [0.1, 0.15) is 0 Å². The Morgan fingerprint density at radius 3 is 2.55 bits per heavy atom. The van der Waals surface area contributed by atoms with Crippen LogP contribution in [0.2, 0.25) is 0 Å². The monoisotopic (exact) mass is 277 g/mol. The number of aliphatic hydroxyl groups excluding tert-OH is 1. The highest BCUT2D eigenvalue weighted by Crippen LogP contribution is 2.35. The van der Waals surface area contributed by atoms with E-state index in [1.165, 1.54) is 6.42 Å². The van der Waals surface area contributed by atoms with Crippen molar-refractivity contribution in [3.63, 3.8) is 0 Å². The van der Waals surface area contributed by atoms with Crippen molar-refractivity contribution in [1.82, 2.24) is 5.32 Å². The lowest BCUT2D eigenvalue weighted by Gasteiger charge is -2.35. The van der Waals surface area contributed by atoms with E-state index in [2.05, 4.69) is 5.32 Å². The van der Waals surface area contributed by atoms with Crippen molar-refractivity contribution in [2.24, 2.45) is 5.41 Å². The van der Waals surface area contributed by atoms with Gasteiger partial charge in [-0.3, -0.25) is 4.79 Å². The summed E-state index contributed by atoms with van der Waals surface area (Å²) in [6.07, 6.45) is 5.35. The summed E-state index contributed by atoms with van der Waals surface area (Å²) in [4.78, 5) is 12.2. The molecular formula is C15H23N3O2. The predicted octanol–water partition coefficient (Wildman–Crippen LogP) is 1.52. The fourth-order valence-electron chi connectivity index (χ4n) is 2.84. The van der Waals surface area contributed by atoms with E-state index in [4.69, 9.17) is 11.5 Å². The van der Waals surface area contributed by atoms with Crippen molar-refractivity contribution >= 4 is 17.3 Å². The van der Waals surface area contributed by atoms with E-state index < -0.39 is 0 Å². The summed E-state index contributed by atoms with van der Waals surface area (Å²) < 4.78 is 0. The van der Waals surface area contributed by atoms with Crippen LogP contribution in [-0.4, -0.2) is 24.2 Å². The second-order valence-electron chi connectivity index (χ2n) is 5.75. The molecule has 1 aromatic carbocycles. The SMILES string of the molecule is Nc1ccc(C(=O)NCC2(CO)CCCCC2)c(N)c1. The van der Waals surface area contributed by atoms with Crippen molar-refractivity contribution in [3.8, 4) is 0 Å². The molecule has 0 aromatic heterocycles. The standard InChI is InChI=1S/C15H23N3O2/c16-11-4-5-12(13(17)8-11)14(20)18-9-15(10-19)6-2-1-3-7-15/h4-5,8,19H,1-3,6-7,9-10,16-17H2,(H,18,20). The van der Waals surface area contributed by atoms with Gasteiger partial charge in [0.2, 0.25) is 0 Å². The number of amides is 1. The second-order valence-corrected chi connectivity index (χ2v) is 5.75. The van der Waals surface area contributed by atoms with E-state index >= 15 is 0 Å². The van der Waals surface area contributed by atoms with Crippen LogP contribution in [0.1, 0.15) is 42.5 Å². The first-order valence-electron chi connectivity index (χ1n) is 7.10. The molecule has 1 aliphatic rings. The topological polar surface area (TPSA) is 101 Å². The van der Waals surface area contributed by atoms with Crippen LogP contribution >= 0.6 is 0 Å². The van der Waals surface area contributed by atoms with Gasteiger partial charge < -0.3 is 21.9 Å². The summed E-state index contributed by atoms with van der Waals surface area (Å²) in [6, 6.07) is 4.87. The molecule has 0 atom stereocenters. The van der Waals surface area contributed by atoms with Crippen LogP contribution < -0.4 is 16.8 Å². The van der Waals surface area contributed by atoms with E-state index in [0.29, 0.717) is 23.5 Å². The molecule has 1 amide bonds. The van der Waals surface area contributed by atoms with Gasteiger partial charge in [-0.15, -0.1) is 0 Å². The molecule has 20 heavy (non-hydrogen) atoms. The fraction of sp³-hybridized carbons (Fsp3) is 0.533. The molecule has 1 saturated carbocycles. The fourth-order valence-corrected chi connectivity index (χ4v) is 2.84. The number of hydrogen-bond acceptors (Lipinski definition) is 4. The van der Waals surface area contributed by atoms with Gasteiger partial charge in [0.15, 0.2) is 0 Å². The van der Waals surface area contributed by atoms with Gasteiger partial charge in [-0.05, 0) is 31.0 Å². The number of nitrogen functional groups attached to an aromatic ring is 2. The zero-order chi connectivity index (χ0) is 14.6. The van der Waals surface area contributed by atoms with Crippen LogP contribution in [-0.2, 0) is 0 Å². The molecule has 1 aromatic rings. The Hall–Kier alpha value is -1.75. The van der Waals surface area contributed by atoms with Crippen LogP contribution in [0.25, 0.3) is 0 Å². The van der Waals surface area contributed by atoms with Gasteiger partial charge >= 0.3 is 0 Å². The molecule has 0 heterocycles. The maximum atomic E-state index is 12.2. The number of nitrogens with one attached hydrogen (secondary N) is 1. The Morgan fingerprint density at radius 2 is 1.95 bits per heavy atom. The molecule has 6 N–H and O–H groups in total. The van der Waals surface area contributed by atoms with Crippen LogP contribution in [0.15, 0.2) is 18.2 Å². The Morgan fingerprint density at radius 1 is 1.25 bits per heavy atom. The van der Waals surface area contributed by atoms with Gasteiger partial charge in [0, 0.05) is 23.3 Å². The predicted molar refractivity (Wildman–Crippen MR) is 80.2 cm³/mol. The lowest BCUT2D eigenvalue weighted by atomic mass is 9.74. The van der Waals surface area contributed by atoms with E-state index in [-0.39, 0.29) is 17.9 Å². The third-order valence-electron chi connectivity index (χ3n) is 4.19. The smallest absolute Gasteiger partial charge is 0.253 e. The average molecular weight is 277 g/mol. The molecule has 0 unspecified atom stereocenters. The lowest BCUT2D eigenvalue weighted by Crippen LogP contribution is -2.41. The number of benzene rings is 1. The number of carbonyl (C=O) groups is 1. The number of rotatable bonds is 4. The van der Waals surface area contributed by atoms with E-state index in [0.717, 1.165) is 25.7 Å². The second kappa shape index (κ2) is 6.13. The first kappa shape index (κ1) is 14.7. The zero-order valence-corrected chi connectivity index (χ0v) is 11.7. The number of nitrogens with two attached hydrogens (primary N) is 2. The van der Waals surface area contributed by atoms with E-state index in [9.17, 15) is 9.90 Å². The Kier molecular flexibility index (Phi) is 4.49. The molecule has 0 spiro atoms. The highest BCUT2D eigenvalue weighted by atomic mass is 16.3. The normalized spacial score (nSPS) is 17.6. The molecule has 2 rings (SSSR count). The molecular weight excluding hydrogens is 254 g/mol. The first-order chi connectivity index (χ1) is 9.56. The summed E-state index contributed by atoms with van der Waals surface area (Å²) in [5, 5.41) is 12.5. The van der Waals surface area contributed by atoms with Crippen LogP contribution in [0, 0.1) is 5.41 Å². The van der Waals surface area contributed by atoms with E-state index in [1.807, 2.05) is 0 Å². The minimum absolute atomic E-state index is 0.116. The van der Waals surface area contributed by atoms with Gasteiger partial charge in [0.25, 0.3) is 5.91 Å².